The third kappa shape index (κ3) is 15.3. The van der Waals surface area contributed by atoms with Gasteiger partial charge in [-0.2, -0.15) is 0 Å². The van der Waals surface area contributed by atoms with E-state index in [4.69, 9.17) is 0 Å². The van der Waals surface area contributed by atoms with E-state index in [9.17, 15) is 29.7 Å². The third-order valence-electron chi connectivity index (χ3n) is 1.06. The number of carboxylic acids is 3. The molecule has 0 unspecified atom stereocenters. The Labute approximate surface area is 102 Å². The molecule has 2 N–H and O–H groups in total. The molecule has 0 aliphatic heterocycles. The van der Waals surface area contributed by atoms with Crippen molar-refractivity contribution in [2.24, 2.45) is 0 Å². The molecule has 0 aromatic rings. The van der Waals surface area contributed by atoms with Crippen LogP contribution in [0.25, 0.3) is 0 Å². The van der Waals surface area contributed by atoms with Crippen LogP contribution in [0.4, 0.5) is 0 Å². The number of carbonyl (C=O) groups excluding carboxylic acids is 3. The molecule has 0 spiro atoms. The van der Waals surface area contributed by atoms with Gasteiger partial charge in [0, 0.05) is 19.6 Å². The Morgan fingerprint density at radius 3 is 1.12 bits per heavy atom. The fourth-order valence-corrected chi connectivity index (χ4v) is 0.715. The SMILES string of the molecule is O.O=C([O-])CN(CC(=O)[O-])CC(=O)[O-].[CH3-].[Co+3]. The molecule has 0 radical (unpaired) electrons. The predicted octanol–water partition coefficient (Wildman–Crippen LogP) is -5.84. The van der Waals surface area contributed by atoms with Crippen molar-refractivity contribution in [1.29, 1.82) is 0 Å². The first-order valence-corrected chi connectivity index (χ1v) is 3.23. The van der Waals surface area contributed by atoms with Crippen LogP contribution >= 0.6 is 0 Å². The second-order valence-electron chi connectivity index (χ2n) is 2.26. The van der Waals surface area contributed by atoms with Gasteiger partial charge in [-0.1, -0.05) is 0 Å². The molecular weight excluding hydrogens is 269 g/mol. The van der Waals surface area contributed by atoms with Crippen molar-refractivity contribution in [3.8, 4) is 0 Å². The van der Waals surface area contributed by atoms with Gasteiger partial charge >= 0.3 is 16.8 Å². The van der Waals surface area contributed by atoms with Crippen molar-refractivity contribution in [3.63, 3.8) is 0 Å². The van der Waals surface area contributed by atoms with Gasteiger partial charge < -0.3 is 42.6 Å². The number of hydrogen-bond acceptors (Lipinski definition) is 7. The maximum Gasteiger partial charge on any atom is 3.00 e. The summed E-state index contributed by atoms with van der Waals surface area (Å²) in [6.07, 6.45) is 0. The van der Waals surface area contributed by atoms with Crippen LogP contribution in [0.5, 0.6) is 0 Å². The third-order valence-corrected chi connectivity index (χ3v) is 1.06. The minimum Gasteiger partial charge on any atom is -0.549 e. The topological polar surface area (TPSA) is 155 Å². The minimum absolute atomic E-state index is 0. The molecule has 0 saturated heterocycles. The molecule has 0 fully saturated rings. The van der Waals surface area contributed by atoms with E-state index in [0.29, 0.717) is 4.90 Å². The minimum atomic E-state index is -1.57. The smallest absolute Gasteiger partial charge is 0.549 e. The summed E-state index contributed by atoms with van der Waals surface area (Å²) in [5.74, 6) is -4.70. The quantitative estimate of drug-likeness (QED) is 0.438. The van der Waals surface area contributed by atoms with Crippen LogP contribution in [0.2, 0.25) is 0 Å². The van der Waals surface area contributed by atoms with E-state index in [0.717, 1.165) is 0 Å². The van der Waals surface area contributed by atoms with E-state index in [-0.39, 0.29) is 29.7 Å². The number of hydrogen-bond donors (Lipinski definition) is 0. The standard InChI is InChI=1S/C6H9NO6.CH3.Co.H2O/c8-4(9)1-7(2-5(10)11)3-6(12)13;;;/h1-3H2,(H,8,9)(H,10,11)(H,12,13);1H3;;1H2/q;-1;+3;/p-3. The summed E-state index contributed by atoms with van der Waals surface area (Å²) >= 11 is 0. The zero-order chi connectivity index (χ0) is 10.4. The van der Waals surface area contributed by atoms with E-state index in [1.807, 2.05) is 0 Å². The molecule has 0 aromatic carbocycles. The zero-order valence-electron chi connectivity index (χ0n) is 8.35. The van der Waals surface area contributed by atoms with Crippen LogP contribution in [0.3, 0.4) is 0 Å². The first kappa shape index (κ1) is 24.2. The van der Waals surface area contributed by atoms with Crippen molar-refractivity contribution in [2.75, 3.05) is 19.6 Å². The van der Waals surface area contributed by atoms with Crippen molar-refractivity contribution in [1.82, 2.24) is 4.90 Å². The maximum absolute atomic E-state index is 9.99. The molecule has 16 heavy (non-hydrogen) atoms. The Balaban J connectivity index is -0.000000240. The van der Waals surface area contributed by atoms with Crippen LogP contribution in [0.1, 0.15) is 0 Å². The summed E-state index contributed by atoms with van der Waals surface area (Å²) in [7, 11) is 0. The normalized spacial score (nSPS) is 8.06. The molecule has 0 saturated carbocycles. The Bertz CT molecular complexity index is 195. The van der Waals surface area contributed by atoms with Crippen molar-refractivity contribution in [3.05, 3.63) is 7.43 Å². The summed E-state index contributed by atoms with van der Waals surface area (Å²) in [6.45, 7) is -2.37. The molecule has 0 heterocycles. The van der Waals surface area contributed by atoms with Crippen molar-refractivity contribution in [2.45, 2.75) is 0 Å². The maximum atomic E-state index is 9.99. The average molecular weight is 280 g/mol. The van der Waals surface area contributed by atoms with Crippen LogP contribution in [-0.4, -0.2) is 47.9 Å². The first-order valence-electron chi connectivity index (χ1n) is 3.23. The monoisotopic (exact) mass is 280 g/mol. The van der Waals surface area contributed by atoms with E-state index >= 15 is 0 Å². The van der Waals surface area contributed by atoms with Gasteiger partial charge in [0.15, 0.2) is 0 Å². The van der Waals surface area contributed by atoms with E-state index in [2.05, 4.69) is 0 Å². The summed E-state index contributed by atoms with van der Waals surface area (Å²) in [5.41, 5.74) is 0. The molecular formula is C7H11CoNO7-. The number of carboxylic acid groups (broad SMARTS) is 3. The molecule has 96 valence electrons. The number of carbonyl (C=O) groups is 3. The zero-order valence-corrected chi connectivity index (χ0v) is 9.39. The van der Waals surface area contributed by atoms with E-state index in [1.165, 1.54) is 0 Å². The summed E-state index contributed by atoms with van der Waals surface area (Å²) < 4.78 is 0. The second kappa shape index (κ2) is 11.9. The molecule has 0 rings (SSSR count). The van der Waals surface area contributed by atoms with Gasteiger partial charge in [0.1, 0.15) is 0 Å². The molecule has 0 aliphatic carbocycles. The van der Waals surface area contributed by atoms with Crippen LogP contribution in [0, 0.1) is 7.43 Å². The summed E-state index contributed by atoms with van der Waals surface area (Å²) in [6, 6.07) is 0. The van der Waals surface area contributed by atoms with Gasteiger partial charge in [-0.05, 0) is 0 Å². The van der Waals surface area contributed by atoms with Crippen LogP contribution in [-0.2, 0) is 31.2 Å². The number of nitrogens with zero attached hydrogens (tertiary/aromatic N) is 1. The van der Waals surface area contributed by atoms with Gasteiger partial charge in [0.05, 0.1) is 17.9 Å². The van der Waals surface area contributed by atoms with Gasteiger partial charge in [0.2, 0.25) is 0 Å². The second-order valence-corrected chi connectivity index (χ2v) is 2.26. The van der Waals surface area contributed by atoms with Crippen molar-refractivity contribution >= 4 is 17.9 Å². The Kier molecular flexibility index (Phi) is 18.0. The average Bonchev–Trinajstić information content (AvgIpc) is 1.80. The number of rotatable bonds is 6. The fraction of sp³-hybridized carbons (Fsp3) is 0.429. The molecule has 9 heteroatoms. The Morgan fingerprint density at radius 1 is 0.812 bits per heavy atom. The van der Waals surface area contributed by atoms with E-state index in [1.54, 1.807) is 0 Å². The number of aliphatic carboxylic acids is 3. The Morgan fingerprint density at radius 2 is 1.00 bits per heavy atom. The van der Waals surface area contributed by atoms with Crippen LogP contribution in [0.15, 0.2) is 0 Å². The molecule has 0 aliphatic rings. The van der Waals surface area contributed by atoms with Gasteiger partial charge in [0.25, 0.3) is 0 Å². The molecule has 0 aromatic heterocycles. The molecule has 0 amide bonds. The van der Waals surface area contributed by atoms with Gasteiger partial charge in [-0.15, -0.1) is 0 Å². The fourth-order valence-electron chi connectivity index (χ4n) is 0.715. The largest absolute Gasteiger partial charge is 3.00 e. The Hall–Kier alpha value is -1.16. The van der Waals surface area contributed by atoms with Crippen LogP contribution < -0.4 is 15.3 Å². The van der Waals surface area contributed by atoms with Gasteiger partial charge in [-0.25, -0.2) is 0 Å². The van der Waals surface area contributed by atoms with Crippen molar-refractivity contribution < 1.29 is 52.0 Å². The molecule has 0 atom stereocenters. The molecule has 0 bridgehead atoms. The molecule has 8 nitrogen and oxygen atoms in total. The summed E-state index contributed by atoms with van der Waals surface area (Å²) in [4.78, 5) is 30.6. The predicted molar refractivity (Wildman–Crippen MR) is 41.5 cm³/mol. The van der Waals surface area contributed by atoms with E-state index < -0.39 is 37.5 Å². The van der Waals surface area contributed by atoms with Gasteiger partial charge in [-0.3, -0.25) is 4.90 Å². The first-order chi connectivity index (χ1) is 5.91. The summed E-state index contributed by atoms with van der Waals surface area (Å²) in [5, 5.41) is 30.0.